The number of nitrogens with two attached hydrogens (primary N) is 1. The minimum atomic E-state index is -2.02. The second kappa shape index (κ2) is 39.5. The number of nitriles is 1. The molecule has 0 aliphatic carbocycles. The van der Waals surface area contributed by atoms with E-state index in [4.69, 9.17) is 70.1 Å². The molecule has 0 aliphatic heterocycles. The summed E-state index contributed by atoms with van der Waals surface area (Å²) in [4.78, 5) is 63.9. The minimum Gasteiger partial charge on any atom is -0.479 e. The summed E-state index contributed by atoms with van der Waals surface area (Å²) in [6.07, 6.45) is -3.21. The van der Waals surface area contributed by atoms with E-state index in [2.05, 4.69) is 42.8 Å². The van der Waals surface area contributed by atoms with Gasteiger partial charge in [0.2, 0.25) is 0 Å². The Morgan fingerprint density at radius 3 is 1.12 bits per heavy atom. The summed E-state index contributed by atoms with van der Waals surface area (Å²) in [6, 6.07) is 65.7. The lowest BCUT2D eigenvalue weighted by Crippen LogP contribution is -2.51. The Kier molecular flexibility index (Phi) is 30.3. The third-order valence-electron chi connectivity index (χ3n) is 16.1. The molecule has 6 atom stereocenters. The van der Waals surface area contributed by atoms with E-state index >= 15 is 0 Å². The molecule has 0 radical (unpaired) electrons. The number of carbonyl (C=O) groups is 5. The van der Waals surface area contributed by atoms with Gasteiger partial charge >= 0.3 is 5.97 Å². The minimum absolute atomic E-state index is 0.127. The van der Waals surface area contributed by atoms with Gasteiger partial charge in [0.15, 0.2) is 43.9 Å². The highest BCUT2D eigenvalue weighted by Crippen LogP contribution is 2.31. The van der Waals surface area contributed by atoms with Crippen molar-refractivity contribution in [2.75, 3.05) is 0 Å². The molecular weight excluding hydrogens is 1450 g/mol. The molecular formula is C80H79Cl4N9O12Si. The summed E-state index contributed by atoms with van der Waals surface area (Å²) < 4.78 is 22.3. The number of aliphatic carboxylic acids is 1. The molecule has 3 heterocycles. The van der Waals surface area contributed by atoms with Crippen molar-refractivity contribution in [3.8, 4) is 40.0 Å². The highest BCUT2D eigenvalue weighted by molar-refractivity contribution is 6.69. The summed E-state index contributed by atoms with van der Waals surface area (Å²) in [5.41, 5.74) is 13.9. The van der Waals surface area contributed by atoms with Gasteiger partial charge in [0.25, 0.3) is 23.6 Å². The van der Waals surface area contributed by atoms with Crippen LogP contribution in [0, 0.1) is 32.1 Å². The van der Waals surface area contributed by atoms with E-state index in [0.29, 0.717) is 89.7 Å². The van der Waals surface area contributed by atoms with E-state index in [1.54, 1.807) is 99.6 Å². The number of aliphatic hydroxyl groups is 2. The Morgan fingerprint density at radius 1 is 0.472 bits per heavy atom. The maximum atomic E-state index is 13.4. The van der Waals surface area contributed by atoms with Crippen molar-refractivity contribution in [2.45, 2.75) is 109 Å². The van der Waals surface area contributed by atoms with E-state index < -0.39 is 68.4 Å². The number of aromatic nitrogens is 3. The first kappa shape index (κ1) is 81.1. The van der Waals surface area contributed by atoms with Crippen molar-refractivity contribution in [2.24, 2.45) is 5.73 Å². The quantitative estimate of drug-likeness (QED) is 0.0246. The third kappa shape index (κ3) is 23.5. The van der Waals surface area contributed by atoms with Gasteiger partial charge in [-0.15, -0.1) is 0 Å². The summed E-state index contributed by atoms with van der Waals surface area (Å²) >= 11 is 23.4. The van der Waals surface area contributed by atoms with Crippen LogP contribution >= 0.6 is 46.4 Å². The van der Waals surface area contributed by atoms with Gasteiger partial charge in [0.05, 0.1) is 61.4 Å². The van der Waals surface area contributed by atoms with Gasteiger partial charge in [-0.1, -0.05) is 256 Å². The molecule has 0 fully saturated rings. The fourth-order valence-corrected chi connectivity index (χ4v) is 12.5. The number of carboxylic acids is 1. The maximum absolute atomic E-state index is 13.4. The van der Waals surface area contributed by atoms with Crippen LogP contribution in [0.5, 0.6) is 0 Å². The van der Waals surface area contributed by atoms with Crippen LogP contribution in [0.3, 0.4) is 0 Å². The number of rotatable bonds is 25. The lowest BCUT2D eigenvalue weighted by atomic mass is 9.99. The van der Waals surface area contributed by atoms with Gasteiger partial charge in [0, 0.05) is 29.8 Å². The number of hydrogen-bond donors (Lipinski definition) is 8. The van der Waals surface area contributed by atoms with E-state index in [9.17, 15) is 44.6 Å². The average molecular weight is 1530 g/mol. The molecule has 0 saturated carbocycles. The molecule has 11 rings (SSSR count). The molecule has 0 saturated heterocycles. The smallest absolute Gasteiger partial charge is 0.334 e. The number of aliphatic hydroxyl groups excluding tert-OH is 2. The number of aryl methyl sites for hydroxylation is 3. The van der Waals surface area contributed by atoms with E-state index in [1.807, 2.05) is 159 Å². The van der Waals surface area contributed by atoms with Crippen LogP contribution in [-0.4, -0.2) is 105 Å². The van der Waals surface area contributed by atoms with Crippen molar-refractivity contribution in [3.63, 3.8) is 0 Å². The summed E-state index contributed by atoms with van der Waals surface area (Å²) in [5.74, 6) is -2.43. The first-order valence-electron chi connectivity index (χ1n) is 33.4. The molecule has 26 heteroatoms. The first-order valence-corrected chi connectivity index (χ1v) is 38.4. The molecule has 21 nitrogen and oxygen atoms in total. The zero-order valence-electron chi connectivity index (χ0n) is 58.7. The SMILES string of the molecule is Cc1noc(-c2ccccc2)c1C(=O)N[C@@H](Cc1ccccc1)C(C#N)O[Si](C)(C)C.Cc1noc(-c2ccccc2)c1C(=O)N[C@@H](Cc1ccccc1)C(O)C(=O)NCc1ccc(Cl)c(Cl)c1.Cc1noc(-c2ccccc2)c1C(=O)N[C@@H](Cc1ccccc1)C(O)C(=O)O.NCc1ccc(Cl)c(Cl)c1. The molecule has 11 aromatic rings. The van der Waals surface area contributed by atoms with Crippen LogP contribution in [-0.2, 0) is 46.4 Å². The molecule has 0 spiro atoms. The van der Waals surface area contributed by atoms with Crippen LogP contribution in [0.4, 0.5) is 0 Å². The van der Waals surface area contributed by atoms with Crippen molar-refractivity contribution in [1.29, 1.82) is 5.26 Å². The number of benzene rings is 8. The number of carbonyl (C=O) groups excluding carboxylic acids is 4. The molecule has 0 aliphatic rings. The molecule has 3 unspecified atom stereocenters. The normalized spacial score (nSPS) is 12.6. The Bertz CT molecular complexity index is 4740. The Labute approximate surface area is 634 Å². The van der Waals surface area contributed by atoms with E-state index in [-0.39, 0.29) is 36.4 Å². The van der Waals surface area contributed by atoms with Crippen molar-refractivity contribution >= 4 is 84.3 Å². The van der Waals surface area contributed by atoms with Crippen molar-refractivity contribution in [3.05, 3.63) is 300 Å². The van der Waals surface area contributed by atoms with Crippen molar-refractivity contribution < 1.29 is 57.3 Å². The van der Waals surface area contributed by atoms with Gasteiger partial charge < -0.3 is 60.3 Å². The molecule has 4 amide bonds. The van der Waals surface area contributed by atoms with E-state index in [0.717, 1.165) is 27.8 Å². The monoisotopic (exact) mass is 1530 g/mol. The number of carboxylic acid groups (broad SMARTS) is 1. The summed E-state index contributed by atoms with van der Waals surface area (Å²) in [7, 11) is -2.02. The number of hydrogen-bond acceptors (Lipinski definition) is 16. The zero-order valence-corrected chi connectivity index (χ0v) is 62.7. The summed E-state index contributed by atoms with van der Waals surface area (Å²) in [6.45, 7) is 11.7. The van der Waals surface area contributed by atoms with Gasteiger partial charge in [-0.25, -0.2) is 4.79 Å². The lowest BCUT2D eigenvalue weighted by Gasteiger charge is -2.29. The van der Waals surface area contributed by atoms with Crippen LogP contribution in [0.25, 0.3) is 34.0 Å². The van der Waals surface area contributed by atoms with Crippen LogP contribution < -0.4 is 27.0 Å². The average Bonchev–Trinajstić information content (AvgIpc) is 1.66. The second-order valence-electron chi connectivity index (χ2n) is 25.3. The van der Waals surface area contributed by atoms with Crippen LogP contribution in [0.1, 0.15) is 76.0 Å². The Hall–Kier alpha value is -10.6. The number of halogens is 4. The second-order valence-corrected chi connectivity index (χ2v) is 31.3. The van der Waals surface area contributed by atoms with Crippen LogP contribution in [0.2, 0.25) is 39.7 Å². The van der Waals surface area contributed by atoms with Crippen molar-refractivity contribution in [1.82, 2.24) is 36.7 Å². The number of amides is 4. The molecule has 3 aromatic heterocycles. The van der Waals surface area contributed by atoms with Crippen LogP contribution in [0.15, 0.2) is 232 Å². The van der Waals surface area contributed by atoms with Gasteiger partial charge in [-0.3, -0.25) is 19.2 Å². The Morgan fingerprint density at radius 2 is 0.792 bits per heavy atom. The molecule has 548 valence electrons. The predicted octanol–water partition coefficient (Wildman–Crippen LogP) is 14.6. The highest BCUT2D eigenvalue weighted by Gasteiger charge is 2.35. The zero-order chi connectivity index (χ0) is 76.5. The molecule has 0 bridgehead atoms. The molecule has 106 heavy (non-hydrogen) atoms. The first-order chi connectivity index (χ1) is 50.8. The molecule has 8 aromatic carbocycles. The highest BCUT2D eigenvalue weighted by atomic mass is 35.5. The third-order valence-corrected chi connectivity index (χ3v) is 18.6. The van der Waals surface area contributed by atoms with Gasteiger partial charge in [-0.2, -0.15) is 5.26 Å². The number of nitrogens with one attached hydrogen (secondary N) is 4. The van der Waals surface area contributed by atoms with E-state index in [1.165, 1.54) is 0 Å². The fraction of sp³-hybridized carbons (Fsp3) is 0.212. The largest absolute Gasteiger partial charge is 0.479 e. The predicted molar refractivity (Wildman–Crippen MR) is 410 cm³/mol. The summed E-state index contributed by atoms with van der Waals surface area (Å²) in [5, 5.41) is 65.1. The lowest BCUT2D eigenvalue weighted by molar-refractivity contribution is -0.148. The topological polar surface area (TPSA) is 331 Å². The van der Waals surface area contributed by atoms with Gasteiger partial charge in [0.1, 0.15) is 16.7 Å². The standard InChI is InChI=1S/C28H25Cl2N3O4.C24H27N3O3Si.C21H20N2O5.C7H7Cl2N/c1-17-24(26(37-33-17)20-10-6-3-7-11-20)27(35)32-23(15-18-8-4-2-5-9-18)25(34)28(36)31-16-19-12-13-21(29)22(30)14-19;1-17-22(23(29-27-17)19-13-9-6-10-14-19)24(28)26-20(15-18-11-7-5-8-12-18)21(16-25)30-31(2,3)4;1-13-17(19(28-23-13)15-10-6-3-7-11-15)20(25)22-16(18(24)21(26)27)12-14-8-4-2-5-9-14;8-6-2-1-5(4-10)3-7(6)9/h2-14,23,25,34H,15-16H2,1H3,(H,31,36)(H,32,35);5-14,20-21H,15H2,1-4H3,(H,26,28);2-11,16,18,24H,12H2,1H3,(H,22,25)(H,26,27);1-3H,4,10H2/t23-,25?;20-,21?;16-,18?;/m000./s1. The molecule has 9 N–H and O–H groups in total. The fourth-order valence-electron chi connectivity index (χ4n) is 10.9. The Balaban J connectivity index is 0.000000189. The maximum Gasteiger partial charge on any atom is 0.334 e. The number of nitrogens with zero attached hydrogens (tertiary/aromatic N) is 4. The van der Waals surface area contributed by atoms with Gasteiger partial charge in [-0.05, 0) is 112 Å².